The van der Waals surface area contributed by atoms with Crippen LogP contribution in [0, 0.1) is 5.82 Å². The normalized spacial score (nSPS) is 11.2. The summed E-state index contributed by atoms with van der Waals surface area (Å²) in [4.78, 5) is 3.77. The van der Waals surface area contributed by atoms with Crippen LogP contribution in [0.25, 0.3) is 0 Å². The first-order chi connectivity index (χ1) is 8.47. The van der Waals surface area contributed by atoms with E-state index in [1.807, 2.05) is 0 Å². The van der Waals surface area contributed by atoms with Crippen molar-refractivity contribution in [2.24, 2.45) is 0 Å². The lowest BCUT2D eigenvalue weighted by molar-refractivity contribution is 0.600. The Morgan fingerprint density at radius 1 is 1.22 bits per heavy atom. The molecule has 0 radical (unpaired) electrons. The molecule has 0 saturated carbocycles. The Morgan fingerprint density at radius 3 is 2.67 bits per heavy atom. The molecule has 0 saturated heterocycles. The van der Waals surface area contributed by atoms with E-state index in [1.165, 1.54) is 36.7 Å². The van der Waals surface area contributed by atoms with Crippen LogP contribution in [0.5, 0.6) is 0 Å². The number of benzene rings is 1. The number of nitrogens with zero attached hydrogens (tertiary/aromatic N) is 1. The van der Waals surface area contributed by atoms with Gasteiger partial charge >= 0.3 is 0 Å². The molecule has 1 heterocycles. The highest BCUT2D eigenvalue weighted by Gasteiger charge is 2.15. The highest BCUT2D eigenvalue weighted by atomic mass is 79.9. The fourth-order valence-electron chi connectivity index (χ4n) is 1.31. The fourth-order valence-corrected chi connectivity index (χ4v) is 2.86. The largest absolute Gasteiger partial charge is 0.279 e. The van der Waals surface area contributed by atoms with Crippen LogP contribution < -0.4 is 4.72 Å². The maximum atomic E-state index is 13.0. The summed E-state index contributed by atoms with van der Waals surface area (Å²) in [5.41, 5.74) is 0.162. The van der Waals surface area contributed by atoms with E-state index in [0.717, 1.165) is 6.07 Å². The Balaban J connectivity index is 2.33. The summed E-state index contributed by atoms with van der Waals surface area (Å²) in [6.07, 6.45) is 2.69. The molecule has 94 valence electrons. The van der Waals surface area contributed by atoms with Crippen LogP contribution in [0.2, 0.25) is 0 Å². The van der Waals surface area contributed by atoms with E-state index < -0.39 is 15.8 Å². The average Bonchev–Trinajstić information content (AvgIpc) is 2.28. The molecule has 0 aliphatic heterocycles. The third-order valence-electron chi connectivity index (χ3n) is 2.07. The van der Waals surface area contributed by atoms with Crippen molar-refractivity contribution in [3.8, 4) is 0 Å². The lowest BCUT2D eigenvalue weighted by Crippen LogP contribution is -2.13. The zero-order chi connectivity index (χ0) is 13.2. The molecule has 1 aromatic heterocycles. The van der Waals surface area contributed by atoms with Crippen LogP contribution in [0.3, 0.4) is 0 Å². The van der Waals surface area contributed by atoms with Crippen molar-refractivity contribution in [1.29, 1.82) is 0 Å². The maximum Gasteiger partial charge on any atom is 0.263 e. The number of rotatable bonds is 3. The van der Waals surface area contributed by atoms with Crippen LogP contribution in [-0.4, -0.2) is 13.4 Å². The first-order valence-corrected chi connectivity index (χ1v) is 7.14. The van der Waals surface area contributed by atoms with Gasteiger partial charge in [-0.05, 0) is 40.2 Å². The molecule has 18 heavy (non-hydrogen) atoms. The second kappa shape index (κ2) is 5.03. The molecule has 2 rings (SSSR count). The number of hydrogen-bond acceptors (Lipinski definition) is 3. The molecule has 1 aromatic carbocycles. The quantitative estimate of drug-likeness (QED) is 0.941. The van der Waals surface area contributed by atoms with Crippen molar-refractivity contribution in [1.82, 2.24) is 4.98 Å². The lowest BCUT2D eigenvalue weighted by atomic mass is 10.3. The lowest BCUT2D eigenvalue weighted by Gasteiger charge is -2.07. The van der Waals surface area contributed by atoms with E-state index in [9.17, 15) is 12.8 Å². The molecule has 7 heteroatoms. The number of nitrogens with one attached hydrogen (secondary N) is 1. The molecular weight excluding hydrogens is 323 g/mol. The van der Waals surface area contributed by atoms with Crippen LogP contribution in [-0.2, 0) is 10.0 Å². The van der Waals surface area contributed by atoms with Gasteiger partial charge in [0.1, 0.15) is 10.7 Å². The van der Waals surface area contributed by atoms with Crippen LogP contribution in [0.1, 0.15) is 0 Å². The number of anilines is 1. The zero-order valence-corrected chi connectivity index (χ0v) is 11.4. The number of hydrogen-bond donors (Lipinski definition) is 1. The van der Waals surface area contributed by atoms with Crippen molar-refractivity contribution >= 4 is 31.6 Å². The Morgan fingerprint density at radius 2 is 2.00 bits per heavy atom. The highest BCUT2D eigenvalue weighted by Crippen LogP contribution is 2.18. The van der Waals surface area contributed by atoms with Gasteiger partial charge in [-0.2, -0.15) is 0 Å². The van der Waals surface area contributed by atoms with E-state index in [4.69, 9.17) is 0 Å². The van der Waals surface area contributed by atoms with Gasteiger partial charge in [-0.1, -0.05) is 6.07 Å². The molecule has 0 bridgehead atoms. The number of aromatic nitrogens is 1. The van der Waals surface area contributed by atoms with Gasteiger partial charge in [-0.3, -0.25) is 9.71 Å². The molecule has 0 fully saturated rings. The number of sulfonamides is 1. The first kappa shape index (κ1) is 13.0. The van der Waals surface area contributed by atoms with Crippen molar-refractivity contribution in [2.45, 2.75) is 4.90 Å². The predicted octanol–water partition coefficient (Wildman–Crippen LogP) is 2.78. The van der Waals surface area contributed by atoms with Gasteiger partial charge in [0.2, 0.25) is 0 Å². The van der Waals surface area contributed by atoms with Gasteiger partial charge in [0.05, 0.1) is 5.69 Å². The van der Waals surface area contributed by atoms with Crippen molar-refractivity contribution in [3.05, 3.63) is 53.0 Å². The minimum Gasteiger partial charge on any atom is -0.279 e. The molecule has 0 atom stereocenters. The summed E-state index contributed by atoms with van der Waals surface area (Å²) < 4.78 is 39.7. The van der Waals surface area contributed by atoms with Gasteiger partial charge < -0.3 is 0 Å². The highest BCUT2D eigenvalue weighted by molar-refractivity contribution is 9.10. The van der Waals surface area contributed by atoms with Crippen LogP contribution >= 0.6 is 15.9 Å². The van der Waals surface area contributed by atoms with Gasteiger partial charge in [0, 0.05) is 16.9 Å². The summed E-state index contributed by atoms with van der Waals surface area (Å²) in [7, 11) is -3.76. The molecule has 2 aromatic rings. The van der Waals surface area contributed by atoms with E-state index in [-0.39, 0.29) is 10.6 Å². The Bertz CT molecular complexity index is 676. The molecule has 4 nitrogen and oxygen atoms in total. The standard InChI is InChI=1S/C11H8BrFN2O2S/c12-8-4-11(7-14-6-8)18(16,17)15-10-3-1-2-9(13)5-10/h1-7,15H. The first-order valence-electron chi connectivity index (χ1n) is 4.86. The fraction of sp³-hybridized carbons (Fsp3) is 0. The number of pyridine rings is 1. The minimum atomic E-state index is -3.76. The predicted molar refractivity (Wildman–Crippen MR) is 69.1 cm³/mol. The number of halogens is 2. The minimum absolute atomic E-state index is 0.00105. The molecular formula is C11H8BrFN2O2S. The third-order valence-corrected chi connectivity index (χ3v) is 3.85. The molecule has 1 N–H and O–H groups in total. The van der Waals surface area contributed by atoms with E-state index >= 15 is 0 Å². The van der Waals surface area contributed by atoms with Crippen molar-refractivity contribution in [2.75, 3.05) is 4.72 Å². The summed E-state index contributed by atoms with van der Waals surface area (Å²) in [5, 5.41) is 0. The van der Waals surface area contributed by atoms with Gasteiger partial charge in [0.25, 0.3) is 10.0 Å². The molecule has 0 spiro atoms. The second-order valence-electron chi connectivity index (χ2n) is 3.45. The Labute approximate surface area is 112 Å². The van der Waals surface area contributed by atoms with Gasteiger partial charge in [0.15, 0.2) is 0 Å². The monoisotopic (exact) mass is 330 g/mol. The van der Waals surface area contributed by atoms with Crippen molar-refractivity contribution < 1.29 is 12.8 Å². The summed E-state index contributed by atoms with van der Waals surface area (Å²) >= 11 is 3.14. The zero-order valence-electron chi connectivity index (χ0n) is 8.97. The van der Waals surface area contributed by atoms with Gasteiger partial charge in [-0.15, -0.1) is 0 Å². The second-order valence-corrected chi connectivity index (χ2v) is 6.05. The summed E-state index contributed by atoms with van der Waals surface area (Å²) in [5.74, 6) is -0.512. The summed E-state index contributed by atoms with van der Waals surface area (Å²) in [6, 6.07) is 6.63. The van der Waals surface area contributed by atoms with Gasteiger partial charge in [-0.25, -0.2) is 12.8 Å². The SMILES string of the molecule is O=S(=O)(Nc1cccc(F)c1)c1cncc(Br)c1. The summed E-state index contributed by atoms with van der Waals surface area (Å²) in [6.45, 7) is 0. The van der Waals surface area contributed by atoms with Crippen LogP contribution in [0.4, 0.5) is 10.1 Å². The molecule has 0 unspecified atom stereocenters. The molecule has 0 amide bonds. The molecule has 0 aliphatic carbocycles. The Hall–Kier alpha value is -1.47. The topological polar surface area (TPSA) is 59.1 Å². The van der Waals surface area contributed by atoms with E-state index in [0.29, 0.717) is 4.47 Å². The smallest absolute Gasteiger partial charge is 0.263 e. The average molecular weight is 331 g/mol. The van der Waals surface area contributed by atoms with Crippen LogP contribution in [0.15, 0.2) is 52.1 Å². The molecule has 0 aliphatic rings. The van der Waals surface area contributed by atoms with Crippen molar-refractivity contribution in [3.63, 3.8) is 0 Å². The maximum absolute atomic E-state index is 13.0. The van der Waals surface area contributed by atoms with E-state index in [2.05, 4.69) is 25.6 Å². The third kappa shape index (κ3) is 3.05. The van der Waals surface area contributed by atoms with E-state index in [1.54, 1.807) is 0 Å². The Kier molecular flexibility index (Phi) is 3.63.